The fourth-order valence-electron chi connectivity index (χ4n) is 1.74. The zero-order chi connectivity index (χ0) is 12.0. The number of aliphatic hydroxyl groups is 1. The number of hydrogen-bond acceptors (Lipinski definition) is 3. The van der Waals surface area contributed by atoms with Gasteiger partial charge >= 0.3 is 0 Å². The maximum absolute atomic E-state index is 9.03. The van der Waals surface area contributed by atoms with E-state index in [1.165, 1.54) is 12.8 Å². The Morgan fingerprint density at radius 1 is 1.31 bits per heavy atom. The number of anilines is 1. The number of aromatic nitrogens is 1. The van der Waals surface area contributed by atoms with E-state index in [0.717, 1.165) is 30.1 Å². The number of hydrogen-bond donors (Lipinski definition) is 2. The maximum Gasteiger partial charge on any atom is 0.0601 e. The molecule has 0 atom stereocenters. The third kappa shape index (κ3) is 4.62. The van der Waals surface area contributed by atoms with Gasteiger partial charge in [0.05, 0.1) is 17.5 Å². The first-order valence-electron chi connectivity index (χ1n) is 5.94. The summed E-state index contributed by atoms with van der Waals surface area (Å²) >= 11 is 0. The topological polar surface area (TPSA) is 59.1 Å². The molecule has 0 amide bonds. The molecule has 0 saturated heterocycles. The third-order valence-electron chi connectivity index (χ3n) is 3.03. The van der Waals surface area contributed by atoms with Crippen LogP contribution in [0.5, 0.6) is 0 Å². The van der Waals surface area contributed by atoms with Crippen molar-refractivity contribution in [2.45, 2.75) is 45.6 Å². The SMILES string of the molecule is CC1CCC(O)CC1.Cc1ncccc1N. The largest absolute Gasteiger partial charge is 0.397 e. The molecule has 1 heterocycles. The highest BCUT2D eigenvalue weighted by Gasteiger charge is 2.14. The number of aliphatic hydroxyl groups excluding tert-OH is 1. The molecule has 1 aromatic rings. The van der Waals surface area contributed by atoms with Gasteiger partial charge in [0.15, 0.2) is 0 Å². The van der Waals surface area contributed by atoms with Crippen molar-refractivity contribution in [2.75, 3.05) is 5.73 Å². The summed E-state index contributed by atoms with van der Waals surface area (Å²) in [5, 5.41) is 9.03. The summed E-state index contributed by atoms with van der Waals surface area (Å²) in [5.41, 5.74) is 7.11. The standard InChI is InChI=1S/C7H14O.C6H8N2/c1-6-2-4-7(8)5-3-6;1-5-6(7)3-2-4-8-5/h6-8H,2-5H2,1H3;2-4H,7H2,1H3. The summed E-state index contributed by atoms with van der Waals surface area (Å²) in [6, 6.07) is 3.66. The minimum atomic E-state index is 0.0196. The van der Waals surface area contributed by atoms with E-state index in [9.17, 15) is 0 Å². The molecule has 1 fully saturated rings. The van der Waals surface area contributed by atoms with Gasteiger partial charge in [0, 0.05) is 6.20 Å². The molecule has 3 nitrogen and oxygen atoms in total. The van der Waals surface area contributed by atoms with Gasteiger partial charge in [-0.3, -0.25) is 4.98 Å². The number of rotatable bonds is 0. The molecule has 16 heavy (non-hydrogen) atoms. The van der Waals surface area contributed by atoms with Crippen LogP contribution in [0.1, 0.15) is 38.3 Å². The monoisotopic (exact) mass is 222 g/mol. The van der Waals surface area contributed by atoms with Crippen molar-refractivity contribution in [3.05, 3.63) is 24.0 Å². The molecule has 2 rings (SSSR count). The predicted octanol–water partition coefficient (Wildman–Crippen LogP) is 2.53. The van der Waals surface area contributed by atoms with E-state index >= 15 is 0 Å². The molecule has 0 bridgehead atoms. The number of aryl methyl sites for hydroxylation is 1. The smallest absolute Gasteiger partial charge is 0.0601 e. The van der Waals surface area contributed by atoms with Crippen LogP contribution < -0.4 is 5.73 Å². The van der Waals surface area contributed by atoms with Crippen molar-refractivity contribution < 1.29 is 5.11 Å². The second-order valence-corrected chi connectivity index (χ2v) is 4.59. The lowest BCUT2D eigenvalue weighted by Crippen LogP contribution is -2.15. The summed E-state index contributed by atoms with van der Waals surface area (Å²) in [4.78, 5) is 3.95. The molecule has 90 valence electrons. The zero-order valence-electron chi connectivity index (χ0n) is 10.2. The first kappa shape index (κ1) is 13.0. The lowest BCUT2D eigenvalue weighted by atomic mass is 9.89. The fourth-order valence-corrected chi connectivity index (χ4v) is 1.74. The molecule has 0 unspecified atom stereocenters. The Morgan fingerprint density at radius 2 is 1.94 bits per heavy atom. The van der Waals surface area contributed by atoms with Gasteiger partial charge in [0.25, 0.3) is 0 Å². The van der Waals surface area contributed by atoms with Crippen LogP contribution in [-0.2, 0) is 0 Å². The van der Waals surface area contributed by atoms with Crippen molar-refractivity contribution in [3.63, 3.8) is 0 Å². The van der Waals surface area contributed by atoms with Crippen molar-refractivity contribution in [2.24, 2.45) is 5.92 Å². The minimum Gasteiger partial charge on any atom is -0.397 e. The average molecular weight is 222 g/mol. The zero-order valence-corrected chi connectivity index (χ0v) is 10.2. The highest BCUT2D eigenvalue weighted by Crippen LogP contribution is 2.22. The second-order valence-electron chi connectivity index (χ2n) is 4.59. The molecule has 3 heteroatoms. The average Bonchev–Trinajstić information content (AvgIpc) is 2.28. The molecule has 1 aliphatic carbocycles. The van der Waals surface area contributed by atoms with Gasteiger partial charge in [-0.05, 0) is 50.7 Å². The van der Waals surface area contributed by atoms with Gasteiger partial charge in [0.1, 0.15) is 0 Å². The summed E-state index contributed by atoms with van der Waals surface area (Å²) < 4.78 is 0. The Balaban J connectivity index is 0.000000160. The van der Waals surface area contributed by atoms with Gasteiger partial charge in [-0.2, -0.15) is 0 Å². The first-order chi connectivity index (χ1) is 7.59. The Labute approximate surface area is 97.7 Å². The molecule has 1 saturated carbocycles. The van der Waals surface area contributed by atoms with Crippen LogP contribution in [0.15, 0.2) is 18.3 Å². The molecule has 1 aromatic heterocycles. The number of nitrogen functional groups attached to an aromatic ring is 1. The van der Waals surface area contributed by atoms with Gasteiger partial charge in [-0.15, -0.1) is 0 Å². The normalized spacial score (nSPS) is 24.4. The van der Waals surface area contributed by atoms with Gasteiger partial charge in [-0.25, -0.2) is 0 Å². The molecule has 0 aliphatic heterocycles. The summed E-state index contributed by atoms with van der Waals surface area (Å²) in [5.74, 6) is 0.860. The third-order valence-corrected chi connectivity index (χ3v) is 3.03. The van der Waals surface area contributed by atoms with E-state index in [-0.39, 0.29) is 6.10 Å². The summed E-state index contributed by atoms with van der Waals surface area (Å²) in [6.07, 6.45) is 6.25. The van der Waals surface area contributed by atoms with Crippen LogP contribution >= 0.6 is 0 Å². The van der Waals surface area contributed by atoms with E-state index < -0.39 is 0 Å². The highest BCUT2D eigenvalue weighted by molar-refractivity contribution is 5.40. The van der Waals surface area contributed by atoms with Crippen molar-refractivity contribution in [1.29, 1.82) is 0 Å². The van der Waals surface area contributed by atoms with Crippen LogP contribution in [-0.4, -0.2) is 16.2 Å². The second kappa shape index (κ2) is 6.48. The van der Waals surface area contributed by atoms with Crippen LogP contribution in [0, 0.1) is 12.8 Å². The van der Waals surface area contributed by atoms with Crippen LogP contribution in [0.25, 0.3) is 0 Å². The van der Waals surface area contributed by atoms with Gasteiger partial charge < -0.3 is 10.8 Å². The molecule has 0 aromatic carbocycles. The van der Waals surface area contributed by atoms with E-state index in [1.54, 1.807) is 6.20 Å². The predicted molar refractivity (Wildman–Crippen MR) is 67.0 cm³/mol. The van der Waals surface area contributed by atoms with Crippen LogP contribution in [0.4, 0.5) is 5.69 Å². The molecular weight excluding hydrogens is 200 g/mol. The fraction of sp³-hybridized carbons (Fsp3) is 0.615. The summed E-state index contributed by atoms with van der Waals surface area (Å²) in [6.45, 7) is 4.14. The lowest BCUT2D eigenvalue weighted by Gasteiger charge is -2.21. The Bertz CT molecular complexity index is 276. The van der Waals surface area contributed by atoms with Gasteiger partial charge in [-0.1, -0.05) is 6.92 Å². The number of pyridine rings is 1. The summed E-state index contributed by atoms with van der Waals surface area (Å²) in [7, 11) is 0. The highest BCUT2D eigenvalue weighted by atomic mass is 16.3. The minimum absolute atomic E-state index is 0.0196. The molecule has 3 N–H and O–H groups in total. The van der Waals surface area contributed by atoms with E-state index in [2.05, 4.69) is 11.9 Å². The van der Waals surface area contributed by atoms with Crippen LogP contribution in [0.2, 0.25) is 0 Å². The molecule has 1 aliphatic rings. The molecule has 0 spiro atoms. The number of nitrogens with two attached hydrogens (primary N) is 1. The molecular formula is C13H22N2O. The van der Waals surface area contributed by atoms with Crippen LogP contribution in [0.3, 0.4) is 0 Å². The van der Waals surface area contributed by atoms with Crippen molar-refractivity contribution in [3.8, 4) is 0 Å². The van der Waals surface area contributed by atoms with E-state index in [0.29, 0.717) is 0 Å². The lowest BCUT2D eigenvalue weighted by molar-refractivity contribution is 0.112. The Hall–Kier alpha value is -1.09. The van der Waals surface area contributed by atoms with Crippen molar-refractivity contribution in [1.82, 2.24) is 4.98 Å². The quantitative estimate of drug-likeness (QED) is 0.709. The van der Waals surface area contributed by atoms with E-state index in [1.807, 2.05) is 19.1 Å². The Morgan fingerprint density at radius 3 is 2.31 bits per heavy atom. The van der Waals surface area contributed by atoms with Gasteiger partial charge in [0.2, 0.25) is 0 Å². The maximum atomic E-state index is 9.03. The molecule has 0 radical (unpaired) electrons. The number of nitrogens with zero attached hydrogens (tertiary/aromatic N) is 1. The van der Waals surface area contributed by atoms with E-state index in [4.69, 9.17) is 10.8 Å². The Kier molecular flexibility index (Phi) is 5.26. The first-order valence-corrected chi connectivity index (χ1v) is 5.94. The van der Waals surface area contributed by atoms with Crippen molar-refractivity contribution >= 4 is 5.69 Å².